The number of hydrogen-bond acceptors (Lipinski definition) is 4. The second-order valence-electron chi connectivity index (χ2n) is 3.37. The number of carbonyl (C=O) groups is 1. The van der Waals surface area contributed by atoms with Crippen molar-refractivity contribution in [2.75, 3.05) is 6.79 Å². The van der Waals surface area contributed by atoms with E-state index < -0.39 is 0 Å². The molecule has 0 saturated carbocycles. The minimum absolute atomic E-state index is 0.251. The van der Waals surface area contributed by atoms with E-state index in [1.165, 1.54) is 0 Å². The first-order valence-corrected chi connectivity index (χ1v) is 4.77. The fourth-order valence-corrected chi connectivity index (χ4v) is 1.61. The highest BCUT2D eigenvalue weighted by atomic mass is 16.7. The monoisotopic (exact) mass is 216 g/mol. The SMILES string of the molecule is O=Cc1ncc(-c2ccc3c(c2)OCO3)[nH]1. The van der Waals surface area contributed by atoms with Crippen LogP contribution >= 0.6 is 0 Å². The van der Waals surface area contributed by atoms with Crippen LogP contribution in [0.5, 0.6) is 11.5 Å². The van der Waals surface area contributed by atoms with Gasteiger partial charge in [-0.3, -0.25) is 4.79 Å². The molecule has 0 bridgehead atoms. The summed E-state index contributed by atoms with van der Waals surface area (Å²) in [5, 5.41) is 0. The summed E-state index contributed by atoms with van der Waals surface area (Å²) in [6.07, 6.45) is 2.29. The van der Waals surface area contributed by atoms with Gasteiger partial charge in [0.1, 0.15) is 0 Å². The molecule has 5 heteroatoms. The van der Waals surface area contributed by atoms with Crippen LogP contribution in [0.3, 0.4) is 0 Å². The summed E-state index contributed by atoms with van der Waals surface area (Å²) in [6.45, 7) is 0.251. The van der Waals surface area contributed by atoms with Gasteiger partial charge in [-0.2, -0.15) is 0 Å². The van der Waals surface area contributed by atoms with Gasteiger partial charge in [-0.15, -0.1) is 0 Å². The Balaban J connectivity index is 2.03. The van der Waals surface area contributed by atoms with Gasteiger partial charge in [0, 0.05) is 5.56 Å². The Morgan fingerprint density at radius 2 is 2.19 bits per heavy atom. The van der Waals surface area contributed by atoms with E-state index in [1.54, 1.807) is 6.20 Å². The molecule has 0 fully saturated rings. The van der Waals surface area contributed by atoms with Crippen molar-refractivity contribution in [1.29, 1.82) is 0 Å². The zero-order valence-electron chi connectivity index (χ0n) is 8.27. The lowest BCUT2D eigenvalue weighted by molar-refractivity contribution is 0.111. The van der Waals surface area contributed by atoms with Crippen molar-refractivity contribution in [3.05, 3.63) is 30.2 Å². The van der Waals surface area contributed by atoms with Gasteiger partial charge < -0.3 is 14.5 Å². The molecule has 0 radical (unpaired) electrons. The summed E-state index contributed by atoms with van der Waals surface area (Å²) in [6, 6.07) is 5.57. The van der Waals surface area contributed by atoms with Crippen LogP contribution in [0, 0.1) is 0 Å². The number of aromatic nitrogens is 2. The molecule has 0 unspecified atom stereocenters. The maximum absolute atomic E-state index is 10.5. The molecule has 80 valence electrons. The van der Waals surface area contributed by atoms with Crippen molar-refractivity contribution in [3.63, 3.8) is 0 Å². The summed E-state index contributed by atoms with van der Waals surface area (Å²) >= 11 is 0. The number of hydrogen-bond donors (Lipinski definition) is 1. The molecule has 2 heterocycles. The van der Waals surface area contributed by atoms with Gasteiger partial charge >= 0.3 is 0 Å². The van der Waals surface area contributed by atoms with Gasteiger partial charge in [0.15, 0.2) is 23.6 Å². The maximum atomic E-state index is 10.5. The van der Waals surface area contributed by atoms with Crippen molar-refractivity contribution >= 4 is 6.29 Å². The Hall–Kier alpha value is -2.30. The minimum Gasteiger partial charge on any atom is -0.454 e. The summed E-state index contributed by atoms with van der Waals surface area (Å²) in [5.74, 6) is 1.76. The molecule has 2 aromatic rings. The molecule has 0 spiro atoms. The fourth-order valence-electron chi connectivity index (χ4n) is 1.61. The average Bonchev–Trinajstić information content (AvgIpc) is 2.96. The molecule has 1 aliphatic heterocycles. The molecule has 16 heavy (non-hydrogen) atoms. The molecular weight excluding hydrogens is 208 g/mol. The quantitative estimate of drug-likeness (QED) is 0.774. The maximum Gasteiger partial charge on any atom is 0.231 e. The summed E-state index contributed by atoms with van der Waals surface area (Å²) in [5.41, 5.74) is 1.69. The molecular formula is C11H8N2O3. The van der Waals surface area contributed by atoms with E-state index >= 15 is 0 Å². The van der Waals surface area contributed by atoms with Crippen molar-refractivity contribution < 1.29 is 14.3 Å². The summed E-state index contributed by atoms with van der Waals surface area (Å²) < 4.78 is 10.5. The van der Waals surface area contributed by atoms with E-state index in [2.05, 4.69) is 9.97 Å². The van der Waals surface area contributed by atoms with Crippen LogP contribution in [0.25, 0.3) is 11.3 Å². The van der Waals surface area contributed by atoms with Crippen molar-refractivity contribution in [2.24, 2.45) is 0 Å². The van der Waals surface area contributed by atoms with Crippen LogP contribution in [0.2, 0.25) is 0 Å². The molecule has 0 aliphatic carbocycles. The topological polar surface area (TPSA) is 64.2 Å². The molecule has 0 atom stereocenters. The molecule has 3 rings (SSSR count). The molecule has 1 aromatic carbocycles. The Labute approximate surface area is 91.0 Å². The third-order valence-electron chi connectivity index (χ3n) is 2.39. The smallest absolute Gasteiger partial charge is 0.231 e. The first kappa shape index (κ1) is 8.96. The number of carbonyl (C=O) groups excluding carboxylic acids is 1. The summed E-state index contributed by atoms with van der Waals surface area (Å²) in [4.78, 5) is 17.3. The first-order valence-electron chi connectivity index (χ1n) is 4.77. The predicted octanol–water partition coefficient (Wildman–Crippen LogP) is 1.62. The van der Waals surface area contributed by atoms with Gasteiger partial charge in [-0.25, -0.2) is 4.98 Å². The fraction of sp³-hybridized carbons (Fsp3) is 0.0909. The second kappa shape index (κ2) is 3.37. The normalized spacial score (nSPS) is 12.8. The lowest BCUT2D eigenvalue weighted by Crippen LogP contribution is -1.92. The Bertz CT molecular complexity index is 548. The second-order valence-corrected chi connectivity index (χ2v) is 3.37. The van der Waals surface area contributed by atoms with Gasteiger partial charge in [0.25, 0.3) is 0 Å². The molecule has 1 aromatic heterocycles. The highest BCUT2D eigenvalue weighted by Crippen LogP contribution is 2.35. The van der Waals surface area contributed by atoms with Gasteiger partial charge in [-0.1, -0.05) is 0 Å². The molecule has 5 nitrogen and oxygen atoms in total. The van der Waals surface area contributed by atoms with Crippen LogP contribution in [0.15, 0.2) is 24.4 Å². The van der Waals surface area contributed by atoms with E-state index in [0.29, 0.717) is 17.9 Å². The Morgan fingerprint density at radius 1 is 1.31 bits per heavy atom. The molecule has 0 saturated heterocycles. The number of aldehydes is 1. The standard InChI is InChI=1S/C11H8N2O3/c14-5-11-12-4-8(13-11)7-1-2-9-10(3-7)16-6-15-9/h1-5H,6H2,(H,12,13). The number of H-pyrrole nitrogens is 1. The minimum atomic E-state index is 0.251. The average molecular weight is 216 g/mol. The van der Waals surface area contributed by atoms with Gasteiger partial charge in [-0.05, 0) is 18.2 Å². The van der Waals surface area contributed by atoms with Crippen molar-refractivity contribution in [1.82, 2.24) is 9.97 Å². The van der Waals surface area contributed by atoms with E-state index in [1.807, 2.05) is 18.2 Å². The number of aromatic amines is 1. The largest absolute Gasteiger partial charge is 0.454 e. The van der Waals surface area contributed by atoms with Gasteiger partial charge in [0.2, 0.25) is 6.79 Å². The third kappa shape index (κ3) is 1.33. The summed E-state index contributed by atoms with van der Waals surface area (Å²) in [7, 11) is 0. The number of rotatable bonds is 2. The highest BCUT2D eigenvalue weighted by Gasteiger charge is 2.14. The predicted molar refractivity (Wildman–Crippen MR) is 55.5 cm³/mol. The zero-order chi connectivity index (χ0) is 11.0. The Kier molecular flexibility index (Phi) is 1.89. The number of benzene rings is 1. The number of fused-ring (bicyclic) bond motifs is 1. The number of nitrogens with one attached hydrogen (secondary N) is 1. The molecule has 0 amide bonds. The third-order valence-corrected chi connectivity index (χ3v) is 2.39. The van der Waals surface area contributed by atoms with Crippen LogP contribution in [0.1, 0.15) is 10.6 Å². The van der Waals surface area contributed by atoms with E-state index in [9.17, 15) is 4.79 Å². The van der Waals surface area contributed by atoms with Crippen molar-refractivity contribution in [3.8, 4) is 22.8 Å². The van der Waals surface area contributed by atoms with Crippen LogP contribution < -0.4 is 9.47 Å². The zero-order valence-corrected chi connectivity index (χ0v) is 8.27. The van der Waals surface area contributed by atoms with Crippen LogP contribution in [-0.2, 0) is 0 Å². The van der Waals surface area contributed by atoms with E-state index in [0.717, 1.165) is 17.0 Å². The molecule has 1 N–H and O–H groups in total. The number of nitrogens with zero attached hydrogens (tertiary/aromatic N) is 1. The number of ether oxygens (including phenoxy) is 2. The van der Waals surface area contributed by atoms with Crippen molar-refractivity contribution in [2.45, 2.75) is 0 Å². The van der Waals surface area contributed by atoms with E-state index in [4.69, 9.17) is 9.47 Å². The van der Waals surface area contributed by atoms with Crippen LogP contribution in [0.4, 0.5) is 0 Å². The first-order chi connectivity index (χ1) is 7.86. The molecule has 1 aliphatic rings. The van der Waals surface area contributed by atoms with Crippen LogP contribution in [-0.4, -0.2) is 23.0 Å². The Morgan fingerprint density at radius 3 is 3.00 bits per heavy atom. The lowest BCUT2D eigenvalue weighted by Gasteiger charge is -1.99. The highest BCUT2D eigenvalue weighted by molar-refractivity contribution is 5.72. The number of imidazole rings is 1. The lowest BCUT2D eigenvalue weighted by atomic mass is 10.1. The van der Waals surface area contributed by atoms with E-state index in [-0.39, 0.29) is 6.79 Å². The van der Waals surface area contributed by atoms with Gasteiger partial charge in [0.05, 0.1) is 11.9 Å².